The van der Waals surface area contributed by atoms with E-state index < -0.39 is 6.36 Å². The largest absolute Gasteiger partial charge is 0.573 e. The van der Waals surface area contributed by atoms with Crippen molar-refractivity contribution in [1.29, 1.82) is 0 Å². The van der Waals surface area contributed by atoms with Crippen LogP contribution in [-0.2, 0) is 13.5 Å². The van der Waals surface area contributed by atoms with Crippen molar-refractivity contribution in [2.24, 2.45) is 7.05 Å². The van der Waals surface area contributed by atoms with E-state index in [0.29, 0.717) is 11.3 Å². The first-order valence-electron chi connectivity index (χ1n) is 5.71. The number of rotatable bonds is 4. The van der Waals surface area contributed by atoms with Gasteiger partial charge in [-0.05, 0) is 30.3 Å². The van der Waals surface area contributed by atoms with Crippen LogP contribution in [0.2, 0.25) is 0 Å². The first kappa shape index (κ1) is 14.1. The summed E-state index contributed by atoms with van der Waals surface area (Å²) in [5.74, 6) is -0.575. The molecule has 1 aromatic carbocycles. The van der Waals surface area contributed by atoms with E-state index in [-0.39, 0.29) is 18.0 Å². The Bertz CT molecular complexity index is 603. The van der Waals surface area contributed by atoms with Crippen LogP contribution in [-0.4, -0.2) is 21.9 Å². The van der Waals surface area contributed by atoms with E-state index in [1.165, 1.54) is 12.1 Å². The van der Waals surface area contributed by atoms with Crippen molar-refractivity contribution in [1.82, 2.24) is 9.78 Å². The fourth-order valence-electron chi connectivity index (χ4n) is 1.67. The van der Waals surface area contributed by atoms with Gasteiger partial charge in [0, 0.05) is 18.8 Å². The predicted molar refractivity (Wildman–Crippen MR) is 64.4 cm³/mol. The maximum absolute atomic E-state index is 12.0. The Hall–Kier alpha value is -2.31. The summed E-state index contributed by atoms with van der Waals surface area (Å²) in [6.45, 7) is 0. The molecule has 0 radical (unpaired) electrons. The molecule has 0 amide bonds. The number of aromatic nitrogens is 2. The standard InChI is InChI=1S/C13H11F3N2O2/c1-18-7-6-10(17-18)8-12(19)9-2-4-11(5-3-9)20-13(14,15)16/h2-7H,8H2,1H3. The predicted octanol–water partition coefficient (Wildman–Crippen LogP) is 2.74. The van der Waals surface area contributed by atoms with Gasteiger partial charge in [-0.2, -0.15) is 5.10 Å². The number of hydrogen-bond donors (Lipinski definition) is 0. The molecule has 2 rings (SSSR count). The molecular formula is C13H11F3N2O2. The molecule has 7 heteroatoms. The van der Waals surface area contributed by atoms with E-state index in [1.54, 1.807) is 24.0 Å². The molecule has 2 aromatic rings. The smallest absolute Gasteiger partial charge is 0.406 e. The van der Waals surface area contributed by atoms with Crippen LogP contribution >= 0.6 is 0 Å². The topological polar surface area (TPSA) is 44.1 Å². The molecule has 0 spiro atoms. The molecule has 0 saturated carbocycles. The molecule has 0 atom stereocenters. The lowest BCUT2D eigenvalue weighted by Gasteiger charge is -2.08. The van der Waals surface area contributed by atoms with Gasteiger partial charge in [0.25, 0.3) is 0 Å². The summed E-state index contributed by atoms with van der Waals surface area (Å²) in [4.78, 5) is 11.9. The number of aryl methyl sites for hydroxylation is 1. The molecule has 0 unspecified atom stereocenters. The van der Waals surface area contributed by atoms with Crippen molar-refractivity contribution in [3.05, 3.63) is 47.8 Å². The zero-order valence-corrected chi connectivity index (χ0v) is 10.5. The van der Waals surface area contributed by atoms with Crippen LogP contribution in [0.1, 0.15) is 16.1 Å². The second kappa shape index (κ2) is 5.36. The highest BCUT2D eigenvalue weighted by atomic mass is 19.4. The van der Waals surface area contributed by atoms with Gasteiger partial charge in [-0.25, -0.2) is 0 Å². The Morgan fingerprint density at radius 1 is 1.25 bits per heavy atom. The van der Waals surface area contributed by atoms with Crippen molar-refractivity contribution in [3.8, 4) is 5.75 Å². The Morgan fingerprint density at radius 2 is 1.90 bits per heavy atom. The van der Waals surface area contributed by atoms with Crippen LogP contribution in [0.4, 0.5) is 13.2 Å². The summed E-state index contributed by atoms with van der Waals surface area (Å²) >= 11 is 0. The highest BCUT2D eigenvalue weighted by molar-refractivity contribution is 5.97. The van der Waals surface area contributed by atoms with Crippen molar-refractivity contribution < 1.29 is 22.7 Å². The third kappa shape index (κ3) is 3.84. The lowest BCUT2D eigenvalue weighted by atomic mass is 10.1. The highest BCUT2D eigenvalue weighted by Gasteiger charge is 2.31. The van der Waals surface area contributed by atoms with Gasteiger partial charge in [-0.1, -0.05) is 0 Å². The minimum atomic E-state index is -4.74. The second-order valence-electron chi connectivity index (χ2n) is 4.15. The SMILES string of the molecule is Cn1ccc(CC(=O)c2ccc(OC(F)(F)F)cc2)n1. The number of hydrogen-bond acceptors (Lipinski definition) is 3. The number of carbonyl (C=O) groups excluding carboxylic acids is 1. The lowest BCUT2D eigenvalue weighted by Crippen LogP contribution is -2.17. The molecule has 20 heavy (non-hydrogen) atoms. The monoisotopic (exact) mass is 284 g/mol. The maximum atomic E-state index is 12.0. The van der Waals surface area contributed by atoms with Crippen molar-refractivity contribution in [3.63, 3.8) is 0 Å². The van der Waals surface area contributed by atoms with E-state index in [0.717, 1.165) is 12.1 Å². The minimum Gasteiger partial charge on any atom is -0.406 e. The third-order valence-electron chi connectivity index (χ3n) is 2.52. The number of ketones is 1. The Balaban J connectivity index is 2.04. The first-order chi connectivity index (χ1) is 9.33. The van der Waals surface area contributed by atoms with Crippen LogP contribution in [0.3, 0.4) is 0 Å². The number of nitrogens with zero attached hydrogens (tertiary/aromatic N) is 2. The molecule has 0 aliphatic heterocycles. The quantitative estimate of drug-likeness (QED) is 0.811. The number of halogens is 3. The van der Waals surface area contributed by atoms with Crippen molar-refractivity contribution in [2.45, 2.75) is 12.8 Å². The molecule has 0 aliphatic carbocycles. The Morgan fingerprint density at radius 3 is 2.40 bits per heavy atom. The molecule has 0 fully saturated rings. The van der Waals surface area contributed by atoms with Crippen molar-refractivity contribution >= 4 is 5.78 Å². The first-order valence-corrected chi connectivity index (χ1v) is 5.71. The van der Waals surface area contributed by atoms with Crippen LogP contribution < -0.4 is 4.74 Å². The zero-order valence-electron chi connectivity index (χ0n) is 10.5. The molecule has 106 valence electrons. The summed E-state index contributed by atoms with van der Waals surface area (Å²) in [5, 5.41) is 4.06. The number of benzene rings is 1. The molecule has 4 nitrogen and oxygen atoms in total. The average molecular weight is 284 g/mol. The third-order valence-corrected chi connectivity index (χ3v) is 2.52. The highest BCUT2D eigenvalue weighted by Crippen LogP contribution is 2.23. The number of ether oxygens (including phenoxy) is 1. The van der Waals surface area contributed by atoms with E-state index in [9.17, 15) is 18.0 Å². The summed E-state index contributed by atoms with van der Waals surface area (Å²) in [7, 11) is 1.73. The van der Waals surface area contributed by atoms with E-state index in [2.05, 4.69) is 9.84 Å². The summed E-state index contributed by atoms with van der Waals surface area (Å²) in [6, 6.07) is 6.52. The number of Topliss-reactive ketones (excluding diaryl/α,β-unsaturated/α-hetero) is 1. The summed E-state index contributed by atoms with van der Waals surface area (Å²) < 4.78 is 41.3. The fourth-order valence-corrected chi connectivity index (χ4v) is 1.67. The van der Waals surface area contributed by atoms with Gasteiger partial charge in [-0.15, -0.1) is 13.2 Å². The molecule has 1 heterocycles. The molecule has 0 N–H and O–H groups in total. The van der Waals surface area contributed by atoms with Gasteiger partial charge < -0.3 is 4.74 Å². The number of carbonyl (C=O) groups is 1. The van der Waals surface area contributed by atoms with Gasteiger partial charge in [0.2, 0.25) is 0 Å². The molecular weight excluding hydrogens is 273 g/mol. The van der Waals surface area contributed by atoms with Crippen LogP contribution in [0.15, 0.2) is 36.5 Å². The lowest BCUT2D eigenvalue weighted by molar-refractivity contribution is -0.274. The minimum absolute atomic E-state index is 0.0975. The fraction of sp³-hybridized carbons (Fsp3) is 0.231. The summed E-state index contributed by atoms with van der Waals surface area (Å²) in [5.41, 5.74) is 0.915. The molecule has 0 bridgehead atoms. The summed E-state index contributed by atoms with van der Waals surface area (Å²) in [6.07, 6.45) is -2.93. The van der Waals surface area contributed by atoms with Crippen LogP contribution in [0.5, 0.6) is 5.75 Å². The maximum Gasteiger partial charge on any atom is 0.573 e. The normalized spacial score (nSPS) is 11.4. The van der Waals surface area contributed by atoms with Gasteiger partial charge in [0.1, 0.15) is 5.75 Å². The average Bonchev–Trinajstić information content (AvgIpc) is 2.73. The van der Waals surface area contributed by atoms with E-state index in [4.69, 9.17) is 0 Å². The second-order valence-corrected chi connectivity index (χ2v) is 4.15. The van der Waals surface area contributed by atoms with Gasteiger partial charge in [-0.3, -0.25) is 9.48 Å². The van der Waals surface area contributed by atoms with Crippen LogP contribution in [0.25, 0.3) is 0 Å². The van der Waals surface area contributed by atoms with Gasteiger partial charge in [0.15, 0.2) is 5.78 Å². The zero-order chi connectivity index (χ0) is 14.8. The van der Waals surface area contributed by atoms with Gasteiger partial charge in [0.05, 0.1) is 12.1 Å². The number of alkyl halides is 3. The van der Waals surface area contributed by atoms with Crippen molar-refractivity contribution in [2.75, 3.05) is 0 Å². The van der Waals surface area contributed by atoms with Crippen LogP contribution in [0, 0.1) is 0 Å². The molecule has 1 aromatic heterocycles. The van der Waals surface area contributed by atoms with E-state index >= 15 is 0 Å². The molecule has 0 saturated heterocycles. The molecule has 0 aliphatic rings. The van der Waals surface area contributed by atoms with E-state index in [1.807, 2.05) is 0 Å². The Kier molecular flexibility index (Phi) is 3.78. The van der Waals surface area contributed by atoms with Gasteiger partial charge >= 0.3 is 6.36 Å². The Labute approximate surface area is 112 Å².